The topological polar surface area (TPSA) is 52.1 Å². The summed E-state index contributed by atoms with van der Waals surface area (Å²) in [4.78, 5) is 23.6. The second kappa shape index (κ2) is 8.53. The molecule has 0 amide bonds. The van der Waals surface area contributed by atoms with Crippen molar-refractivity contribution in [2.75, 3.05) is 12.9 Å². The van der Waals surface area contributed by atoms with Gasteiger partial charge < -0.3 is 4.74 Å². The number of fused-ring (bicyclic) bond motifs is 1. The Labute approximate surface area is 182 Å². The molecule has 0 unspecified atom stereocenters. The van der Waals surface area contributed by atoms with E-state index in [1.807, 2.05) is 24.3 Å². The third kappa shape index (κ3) is 3.95. The molecule has 0 atom stereocenters. The molecule has 0 spiro atoms. The van der Waals surface area contributed by atoms with Gasteiger partial charge in [-0.1, -0.05) is 23.9 Å². The smallest absolute Gasteiger partial charge is 0.173 e. The standard InChI is InChI=1S/C23H19FN2O2S2/c1-13-10-16(6-9-18(13)24)19(27)11-29-22-21-20(14(2)30-23(21)26-12-25-22)15-4-7-17(28-3)8-5-15/h4-10,12H,11H2,1-3H3. The first kappa shape index (κ1) is 20.5. The molecule has 0 aliphatic carbocycles. The van der Waals surface area contributed by atoms with Crippen LogP contribution in [-0.2, 0) is 0 Å². The van der Waals surface area contributed by atoms with Crippen LogP contribution in [0.4, 0.5) is 4.39 Å². The maximum absolute atomic E-state index is 13.5. The lowest BCUT2D eigenvalue weighted by Crippen LogP contribution is -2.04. The van der Waals surface area contributed by atoms with Crippen molar-refractivity contribution in [3.05, 3.63) is 70.6 Å². The van der Waals surface area contributed by atoms with E-state index in [9.17, 15) is 9.18 Å². The van der Waals surface area contributed by atoms with E-state index < -0.39 is 0 Å². The Morgan fingerprint density at radius 2 is 1.90 bits per heavy atom. The number of Topliss-reactive ketones (excluding diaryl/α,β-unsaturated/α-hetero) is 1. The maximum atomic E-state index is 13.5. The molecule has 7 heteroatoms. The van der Waals surface area contributed by atoms with Crippen LogP contribution in [0.15, 0.2) is 53.8 Å². The van der Waals surface area contributed by atoms with Gasteiger partial charge in [-0.15, -0.1) is 11.3 Å². The van der Waals surface area contributed by atoms with E-state index in [-0.39, 0.29) is 17.4 Å². The number of methoxy groups -OCH3 is 1. The Morgan fingerprint density at radius 3 is 2.60 bits per heavy atom. The van der Waals surface area contributed by atoms with Gasteiger partial charge in [0.2, 0.25) is 0 Å². The van der Waals surface area contributed by atoms with Crippen molar-refractivity contribution in [2.45, 2.75) is 18.9 Å². The number of benzene rings is 2. The van der Waals surface area contributed by atoms with Crippen molar-refractivity contribution in [3.8, 4) is 16.9 Å². The number of ether oxygens (including phenoxy) is 1. The molecule has 0 aliphatic rings. The number of thioether (sulfide) groups is 1. The highest BCUT2D eigenvalue weighted by molar-refractivity contribution is 8.00. The third-order valence-electron chi connectivity index (χ3n) is 4.83. The molecule has 4 aromatic rings. The van der Waals surface area contributed by atoms with Crippen molar-refractivity contribution in [3.63, 3.8) is 0 Å². The van der Waals surface area contributed by atoms with E-state index in [0.717, 1.165) is 37.0 Å². The van der Waals surface area contributed by atoms with Gasteiger partial charge in [-0.3, -0.25) is 4.79 Å². The second-order valence-corrected chi connectivity index (χ2v) is 8.96. The van der Waals surface area contributed by atoms with E-state index in [1.165, 1.54) is 30.2 Å². The molecule has 4 nitrogen and oxygen atoms in total. The van der Waals surface area contributed by atoms with E-state index in [2.05, 4.69) is 16.9 Å². The van der Waals surface area contributed by atoms with Crippen LogP contribution in [-0.4, -0.2) is 28.6 Å². The summed E-state index contributed by atoms with van der Waals surface area (Å²) in [5.74, 6) is 0.637. The maximum Gasteiger partial charge on any atom is 0.173 e. The number of halogens is 1. The summed E-state index contributed by atoms with van der Waals surface area (Å²) in [6.45, 7) is 3.72. The molecular formula is C23H19FN2O2S2. The van der Waals surface area contributed by atoms with E-state index in [0.29, 0.717) is 11.1 Å². The summed E-state index contributed by atoms with van der Waals surface area (Å²) in [5, 5.41) is 1.72. The zero-order valence-corrected chi connectivity index (χ0v) is 18.4. The Kier molecular flexibility index (Phi) is 5.83. The van der Waals surface area contributed by atoms with Crippen LogP contribution < -0.4 is 4.74 Å². The molecule has 0 aliphatic heterocycles. The highest BCUT2D eigenvalue weighted by atomic mass is 32.2. The van der Waals surface area contributed by atoms with Crippen LogP contribution >= 0.6 is 23.1 Å². The number of thiophene rings is 1. The van der Waals surface area contributed by atoms with Gasteiger partial charge in [0, 0.05) is 16.0 Å². The number of aromatic nitrogens is 2. The number of rotatable bonds is 6. The van der Waals surface area contributed by atoms with Crippen LogP contribution in [0.3, 0.4) is 0 Å². The Bertz CT molecular complexity index is 1240. The zero-order valence-electron chi connectivity index (χ0n) is 16.7. The summed E-state index contributed by atoms with van der Waals surface area (Å²) >= 11 is 2.99. The first-order valence-electron chi connectivity index (χ1n) is 9.28. The monoisotopic (exact) mass is 438 g/mol. The molecule has 152 valence electrons. The van der Waals surface area contributed by atoms with Crippen LogP contribution in [0.2, 0.25) is 0 Å². The minimum Gasteiger partial charge on any atom is -0.497 e. The third-order valence-corrected chi connectivity index (χ3v) is 6.83. The Hall–Kier alpha value is -2.77. The summed E-state index contributed by atoms with van der Waals surface area (Å²) < 4.78 is 18.8. The zero-order chi connectivity index (χ0) is 21.3. The molecule has 2 aromatic heterocycles. The van der Waals surface area contributed by atoms with Crippen molar-refractivity contribution in [1.82, 2.24) is 9.97 Å². The molecule has 0 radical (unpaired) electrons. The average molecular weight is 439 g/mol. The fraction of sp³-hybridized carbons (Fsp3) is 0.174. The van der Waals surface area contributed by atoms with E-state index in [1.54, 1.807) is 31.4 Å². The molecular weight excluding hydrogens is 419 g/mol. The van der Waals surface area contributed by atoms with Crippen molar-refractivity contribution in [1.29, 1.82) is 0 Å². The van der Waals surface area contributed by atoms with Gasteiger partial charge in [0.1, 0.15) is 27.8 Å². The number of hydrogen-bond acceptors (Lipinski definition) is 6. The molecule has 2 aromatic carbocycles. The second-order valence-electron chi connectivity index (χ2n) is 6.80. The molecule has 0 saturated carbocycles. The van der Waals surface area contributed by atoms with E-state index >= 15 is 0 Å². The molecule has 2 heterocycles. The Morgan fingerprint density at radius 1 is 1.13 bits per heavy atom. The van der Waals surface area contributed by atoms with Crippen molar-refractivity contribution < 1.29 is 13.9 Å². The molecule has 0 bridgehead atoms. The van der Waals surface area contributed by atoms with Gasteiger partial charge in [0.15, 0.2) is 5.78 Å². The lowest BCUT2D eigenvalue weighted by molar-refractivity contribution is 0.102. The minimum atomic E-state index is -0.311. The fourth-order valence-electron chi connectivity index (χ4n) is 3.27. The number of carbonyl (C=O) groups is 1. The summed E-state index contributed by atoms with van der Waals surface area (Å²) in [6, 6.07) is 12.3. The largest absolute Gasteiger partial charge is 0.497 e. The van der Waals surface area contributed by atoms with Gasteiger partial charge in [0.05, 0.1) is 18.2 Å². The normalized spacial score (nSPS) is 11.1. The number of ketones is 1. The Balaban J connectivity index is 1.67. The highest BCUT2D eigenvalue weighted by Gasteiger charge is 2.18. The van der Waals surface area contributed by atoms with E-state index in [4.69, 9.17) is 4.74 Å². The molecule has 0 N–H and O–H groups in total. The van der Waals surface area contributed by atoms with Crippen LogP contribution in [0.25, 0.3) is 21.3 Å². The first-order valence-corrected chi connectivity index (χ1v) is 11.1. The molecule has 0 saturated heterocycles. The average Bonchev–Trinajstić information content (AvgIpc) is 3.10. The van der Waals surface area contributed by atoms with Gasteiger partial charge in [-0.25, -0.2) is 14.4 Å². The number of nitrogens with zero attached hydrogens (tertiary/aromatic N) is 2. The molecule has 0 fully saturated rings. The van der Waals surface area contributed by atoms with Gasteiger partial charge >= 0.3 is 0 Å². The number of carbonyl (C=O) groups excluding carboxylic acids is 1. The quantitative estimate of drug-likeness (QED) is 0.207. The first-order chi connectivity index (χ1) is 14.5. The molecule has 30 heavy (non-hydrogen) atoms. The van der Waals surface area contributed by atoms with Crippen LogP contribution in [0, 0.1) is 19.7 Å². The van der Waals surface area contributed by atoms with Crippen LogP contribution in [0.1, 0.15) is 20.8 Å². The van der Waals surface area contributed by atoms with Gasteiger partial charge in [-0.2, -0.15) is 0 Å². The molecule has 4 rings (SSSR count). The number of aryl methyl sites for hydroxylation is 2. The predicted molar refractivity (Wildman–Crippen MR) is 120 cm³/mol. The highest BCUT2D eigenvalue weighted by Crippen LogP contribution is 2.41. The number of hydrogen-bond donors (Lipinski definition) is 0. The van der Waals surface area contributed by atoms with Gasteiger partial charge in [-0.05, 0) is 55.3 Å². The van der Waals surface area contributed by atoms with Crippen LogP contribution in [0.5, 0.6) is 5.75 Å². The fourth-order valence-corrected chi connectivity index (χ4v) is 5.24. The minimum absolute atomic E-state index is 0.0622. The lowest BCUT2D eigenvalue weighted by atomic mass is 10.0. The summed E-state index contributed by atoms with van der Waals surface area (Å²) in [7, 11) is 1.64. The van der Waals surface area contributed by atoms with Crippen molar-refractivity contribution >= 4 is 39.1 Å². The lowest BCUT2D eigenvalue weighted by Gasteiger charge is -2.07. The van der Waals surface area contributed by atoms with Crippen molar-refractivity contribution in [2.24, 2.45) is 0 Å². The summed E-state index contributed by atoms with van der Waals surface area (Å²) in [6.07, 6.45) is 1.53. The van der Waals surface area contributed by atoms with Gasteiger partial charge in [0.25, 0.3) is 0 Å². The predicted octanol–water partition coefficient (Wildman–Crippen LogP) is 6.10. The summed E-state index contributed by atoms with van der Waals surface area (Å²) in [5.41, 5.74) is 3.09. The SMILES string of the molecule is COc1ccc(-c2c(C)sc3ncnc(SCC(=O)c4ccc(F)c(C)c4)c23)cc1.